The van der Waals surface area contributed by atoms with E-state index in [2.05, 4.69) is 18.5 Å². The van der Waals surface area contributed by atoms with Gasteiger partial charge in [-0.05, 0) is 13.1 Å². The van der Waals surface area contributed by atoms with Crippen molar-refractivity contribution in [1.29, 1.82) is 0 Å². The van der Waals surface area contributed by atoms with Crippen LogP contribution in [0.3, 0.4) is 0 Å². The fourth-order valence-electron chi connectivity index (χ4n) is 1.15. The van der Waals surface area contributed by atoms with Gasteiger partial charge in [-0.1, -0.05) is 12.7 Å². The summed E-state index contributed by atoms with van der Waals surface area (Å²) in [4.78, 5) is 2.23. The van der Waals surface area contributed by atoms with Gasteiger partial charge in [0, 0.05) is 25.3 Å². The summed E-state index contributed by atoms with van der Waals surface area (Å²) < 4.78 is 0. The van der Waals surface area contributed by atoms with E-state index in [0.29, 0.717) is 0 Å². The number of rotatable bonds is 1. The van der Waals surface area contributed by atoms with Crippen molar-refractivity contribution in [3.63, 3.8) is 0 Å². The van der Waals surface area contributed by atoms with E-state index in [0.717, 1.165) is 25.3 Å². The highest BCUT2D eigenvalue weighted by Gasteiger charge is 2.13. The van der Waals surface area contributed by atoms with Crippen molar-refractivity contribution >= 4 is 0 Å². The molecular weight excluding hydrogens is 138 g/mol. The quantitative estimate of drug-likeness (QED) is 0.545. The lowest BCUT2D eigenvalue weighted by atomic mass is 10.3. The van der Waals surface area contributed by atoms with Crippen LogP contribution in [0.25, 0.3) is 0 Å². The summed E-state index contributed by atoms with van der Waals surface area (Å²) in [7, 11) is 2.09. The lowest BCUT2D eigenvalue weighted by Gasteiger charge is -2.32. The maximum atomic E-state index is 5.72. The molecule has 62 valence electrons. The van der Waals surface area contributed by atoms with E-state index in [4.69, 9.17) is 5.84 Å². The highest BCUT2D eigenvalue weighted by molar-refractivity contribution is 5.11. The second-order valence-electron chi connectivity index (χ2n) is 2.82. The first-order chi connectivity index (χ1) is 5.24. The van der Waals surface area contributed by atoms with Crippen molar-refractivity contribution in [1.82, 2.24) is 9.91 Å². The van der Waals surface area contributed by atoms with E-state index in [1.54, 1.807) is 11.1 Å². The molecule has 0 aliphatic carbocycles. The molecule has 3 heteroatoms. The molecule has 1 aliphatic heterocycles. The number of allylic oxidation sites excluding steroid dienone is 2. The molecule has 1 fully saturated rings. The van der Waals surface area contributed by atoms with Crippen molar-refractivity contribution in [3.8, 4) is 0 Å². The van der Waals surface area contributed by atoms with Crippen LogP contribution in [0.2, 0.25) is 0 Å². The van der Waals surface area contributed by atoms with E-state index in [1.807, 2.05) is 6.08 Å². The molecule has 0 bridgehead atoms. The molecule has 0 atom stereocenters. The molecule has 3 nitrogen and oxygen atoms in total. The molecular formula is C8H15N3. The highest BCUT2D eigenvalue weighted by Crippen LogP contribution is 2.06. The predicted octanol–water partition coefficient (Wildman–Crippen LogP) is 0.177. The second kappa shape index (κ2) is 3.55. The van der Waals surface area contributed by atoms with Gasteiger partial charge >= 0.3 is 0 Å². The zero-order chi connectivity index (χ0) is 8.27. The average Bonchev–Trinajstić information content (AvgIpc) is 1.98. The Morgan fingerprint density at radius 2 is 2.27 bits per heavy atom. The normalized spacial score (nSPS) is 24.2. The first-order valence-electron chi connectivity index (χ1n) is 3.76. The van der Waals surface area contributed by atoms with Gasteiger partial charge in [0.25, 0.3) is 0 Å². The van der Waals surface area contributed by atoms with Crippen molar-refractivity contribution in [2.24, 2.45) is 5.84 Å². The van der Waals surface area contributed by atoms with Gasteiger partial charge in [-0.2, -0.15) is 0 Å². The van der Waals surface area contributed by atoms with E-state index in [-0.39, 0.29) is 0 Å². The Morgan fingerprint density at radius 1 is 1.55 bits per heavy atom. The lowest BCUT2D eigenvalue weighted by Crippen LogP contribution is -2.46. The molecule has 0 amide bonds. The van der Waals surface area contributed by atoms with Gasteiger partial charge in [-0.3, -0.25) is 4.90 Å². The maximum absolute atomic E-state index is 5.72. The minimum Gasteiger partial charge on any atom is -0.313 e. The van der Waals surface area contributed by atoms with E-state index in [9.17, 15) is 0 Å². The fraction of sp³-hybridized carbons (Fsp3) is 0.500. The number of hydrazine groups is 1. The minimum absolute atomic E-state index is 0.899. The van der Waals surface area contributed by atoms with Crippen LogP contribution >= 0.6 is 0 Å². The van der Waals surface area contributed by atoms with Crippen LogP contribution in [0.15, 0.2) is 24.4 Å². The molecule has 1 rings (SSSR count). The van der Waals surface area contributed by atoms with Crippen LogP contribution < -0.4 is 5.84 Å². The van der Waals surface area contributed by atoms with Crippen molar-refractivity contribution in [3.05, 3.63) is 24.4 Å². The summed E-state index contributed by atoms with van der Waals surface area (Å²) in [6, 6.07) is 0. The van der Waals surface area contributed by atoms with E-state index in [1.165, 1.54) is 0 Å². The molecule has 0 saturated carbocycles. The molecule has 1 saturated heterocycles. The third-order valence-corrected chi connectivity index (χ3v) is 1.83. The fourth-order valence-corrected chi connectivity index (χ4v) is 1.15. The van der Waals surface area contributed by atoms with Gasteiger partial charge in [0.1, 0.15) is 0 Å². The van der Waals surface area contributed by atoms with Gasteiger partial charge in [0.2, 0.25) is 0 Å². The number of hydrogen-bond acceptors (Lipinski definition) is 3. The number of piperazine rings is 1. The summed E-state index contributed by atoms with van der Waals surface area (Å²) >= 11 is 0. The monoisotopic (exact) mass is 153 g/mol. The Morgan fingerprint density at radius 3 is 2.91 bits per heavy atom. The Bertz CT molecular complexity index is 174. The zero-order valence-corrected chi connectivity index (χ0v) is 6.95. The lowest BCUT2D eigenvalue weighted by molar-refractivity contribution is 0.206. The molecule has 0 aromatic heterocycles. The molecule has 2 N–H and O–H groups in total. The summed E-state index contributed by atoms with van der Waals surface area (Å²) in [5.74, 6) is 5.72. The number of nitrogens with two attached hydrogens (primary N) is 1. The Labute approximate surface area is 67.7 Å². The first kappa shape index (κ1) is 8.30. The average molecular weight is 153 g/mol. The van der Waals surface area contributed by atoms with Gasteiger partial charge in [-0.25, -0.2) is 5.84 Å². The summed E-state index contributed by atoms with van der Waals surface area (Å²) in [5, 5.41) is 1.78. The molecule has 1 aliphatic rings. The third-order valence-electron chi connectivity index (χ3n) is 1.83. The molecule has 0 aromatic rings. The molecule has 0 aromatic carbocycles. The summed E-state index contributed by atoms with van der Waals surface area (Å²) in [5.41, 5.74) is 1.13. The number of nitrogens with zero attached hydrogens (tertiary/aromatic N) is 2. The molecule has 11 heavy (non-hydrogen) atoms. The largest absolute Gasteiger partial charge is 0.313 e. The molecule has 0 spiro atoms. The predicted molar refractivity (Wildman–Crippen MR) is 46.7 cm³/mol. The minimum atomic E-state index is 0.899. The third kappa shape index (κ3) is 2.06. The van der Waals surface area contributed by atoms with Crippen LogP contribution in [-0.4, -0.2) is 36.6 Å². The van der Waals surface area contributed by atoms with Crippen LogP contribution in [0.1, 0.15) is 0 Å². The number of hydrogen-bond donors (Lipinski definition) is 1. The van der Waals surface area contributed by atoms with E-state index < -0.39 is 0 Å². The van der Waals surface area contributed by atoms with Gasteiger partial charge in [-0.15, -0.1) is 0 Å². The smallest absolute Gasteiger partial charge is 0.0466 e. The van der Waals surface area contributed by atoms with Crippen LogP contribution in [-0.2, 0) is 0 Å². The molecule has 0 unspecified atom stereocenters. The van der Waals surface area contributed by atoms with E-state index >= 15 is 0 Å². The van der Waals surface area contributed by atoms with Gasteiger partial charge in [0.15, 0.2) is 0 Å². The topological polar surface area (TPSA) is 32.5 Å². The first-order valence-corrected chi connectivity index (χ1v) is 3.76. The second-order valence-corrected chi connectivity index (χ2v) is 2.82. The summed E-state index contributed by atoms with van der Waals surface area (Å²) in [6.45, 7) is 6.49. The van der Waals surface area contributed by atoms with Crippen molar-refractivity contribution in [2.45, 2.75) is 0 Å². The van der Waals surface area contributed by atoms with Gasteiger partial charge in [0.05, 0.1) is 0 Å². The van der Waals surface area contributed by atoms with Crippen LogP contribution in [0, 0.1) is 0 Å². The molecule has 1 heterocycles. The van der Waals surface area contributed by atoms with Crippen LogP contribution in [0.4, 0.5) is 0 Å². The standard InChI is InChI=1S/C8H15N3/c1-3-4-8-7-10(2)5-6-11(8)9/h3-4H,1,5-7,9H2,2H3/b8-4-. The highest BCUT2D eigenvalue weighted by atomic mass is 15.4. The van der Waals surface area contributed by atoms with Crippen molar-refractivity contribution in [2.75, 3.05) is 26.7 Å². The Kier molecular flexibility index (Phi) is 2.68. The Balaban J connectivity index is 2.61. The number of likely N-dealkylation sites (N-methyl/N-ethyl adjacent to an activating group) is 1. The summed E-state index contributed by atoms with van der Waals surface area (Å²) in [6.07, 6.45) is 3.73. The van der Waals surface area contributed by atoms with Crippen LogP contribution in [0.5, 0.6) is 0 Å². The SMILES string of the molecule is C=C/C=C1/CN(C)CCN1N. The maximum Gasteiger partial charge on any atom is 0.0466 e. The Hall–Kier alpha value is -0.800. The van der Waals surface area contributed by atoms with Crippen molar-refractivity contribution < 1.29 is 0 Å². The zero-order valence-electron chi connectivity index (χ0n) is 6.95. The van der Waals surface area contributed by atoms with Gasteiger partial charge < -0.3 is 5.01 Å². The molecule has 0 radical (unpaired) electrons.